The molecular formula is C99H117Cl2F4N27O10S6. The third-order valence-electron chi connectivity index (χ3n) is 25.1. The van der Waals surface area contributed by atoms with Crippen molar-refractivity contribution in [3.8, 4) is 79.1 Å². The van der Waals surface area contributed by atoms with Gasteiger partial charge in [0.15, 0.2) is 0 Å². The highest BCUT2D eigenvalue weighted by molar-refractivity contribution is 7.60. The van der Waals surface area contributed by atoms with Crippen LogP contribution in [0.1, 0.15) is 243 Å². The van der Waals surface area contributed by atoms with Gasteiger partial charge in [0.25, 0.3) is 17.1 Å². The van der Waals surface area contributed by atoms with E-state index in [2.05, 4.69) is 92.6 Å². The molecule has 0 spiro atoms. The van der Waals surface area contributed by atoms with Crippen molar-refractivity contribution in [2.24, 2.45) is 0 Å². The molecule has 49 heteroatoms. The summed E-state index contributed by atoms with van der Waals surface area (Å²) in [6.07, 6.45) is 29.9. The Balaban J connectivity index is 0.000000189. The molecule has 0 bridgehead atoms. The van der Waals surface area contributed by atoms with Crippen LogP contribution in [-0.4, -0.2) is 197 Å². The largest absolute Gasteiger partial charge is 0.478 e. The number of amides is 2. The van der Waals surface area contributed by atoms with Gasteiger partial charge in [-0.2, -0.15) is 101 Å². The lowest BCUT2D eigenvalue weighted by atomic mass is 9.99. The maximum Gasteiger partial charge on any atom is 0.338 e. The molecule has 10 aromatic heterocycles. The smallest absolute Gasteiger partial charge is 0.338 e. The fourth-order valence-electron chi connectivity index (χ4n) is 17.3. The van der Waals surface area contributed by atoms with E-state index in [1.54, 1.807) is 126 Å². The number of aromatic carboxylic acids is 1. The van der Waals surface area contributed by atoms with Gasteiger partial charge in [0.05, 0.1) is 95.4 Å². The number of aliphatic hydroxyl groups is 1. The van der Waals surface area contributed by atoms with Crippen LogP contribution in [0.15, 0.2) is 163 Å². The molecule has 2 amide bonds. The number of hydrogen-bond donors (Lipinski definition) is 5. The first-order valence-electron chi connectivity index (χ1n) is 46.7. The molecule has 7 aliphatic carbocycles. The summed E-state index contributed by atoms with van der Waals surface area (Å²) in [7, 11) is 3.85. The third-order valence-corrected chi connectivity index (χ3v) is 26.0. The van der Waals surface area contributed by atoms with Crippen molar-refractivity contribution in [3.05, 3.63) is 231 Å². The van der Waals surface area contributed by atoms with Crippen LogP contribution in [0.5, 0.6) is 0 Å². The number of benzene rings is 4. The molecule has 10 heterocycles. The number of aromatic nitrogens is 23. The number of carboxylic acids is 1. The zero-order valence-electron chi connectivity index (χ0n) is 82.5. The number of anilines is 3. The number of carboxylic acid groups (broad SMARTS) is 1. The molecule has 14 aromatic rings. The van der Waals surface area contributed by atoms with Crippen LogP contribution in [0.4, 0.5) is 35.0 Å². The number of nitrogen functional groups attached to an aromatic ring is 1. The number of aryl methyl sites for hydroxylation is 4. The predicted molar refractivity (Wildman–Crippen MR) is 579 cm³/mol. The van der Waals surface area contributed by atoms with E-state index in [1.165, 1.54) is 50.2 Å². The Kier molecular flexibility index (Phi) is 41.0. The topological polar surface area (TPSA) is 455 Å². The van der Waals surface area contributed by atoms with E-state index < -0.39 is 52.4 Å². The van der Waals surface area contributed by atoms with Crippen LogP contribution in [-0.2, 0) is 19.1 Å². The molecule has 148 heavy (non-hydrogen) atoms. The molecule has 6 N–H and O–H groups in total. The Labute approximate surface area is 901 Å². The second-order valence-electron chi connectivity index (χ2n) is 36.5. The van der Waals surface area contributed by atoms with Crippen LogP contribution >= 0.6 is 104 Å². The standard InChI is InChI=1S/C27H27FN8O3.C25H25FN8O2.C14H12ClFN2O.C14H13FN2O2.C13H16N6O2.C6H12ClN.6H2S/c1-15-11-21(28)20(12-19(15)17-13-29-35(14-17)18-9-10-18)27(38)31-25-8-3-5-22(30-25)26-32-33-34-36(26)23-6-4-7-24(23)39-16(2)37;1-14-10-19(26)18(11-17(14)15-12-27-33(13-15)16-8-9-16)25(36)29-23-7-2-4-20(28-23)24-30-31-32-34(24)21-5-3-6-22(21)35;1-8-4-13(16)12(14(15)19)5-11(8)9-6-17-18(7-9)10-2-3-10;1-8-4-13(15)12(14(18)19)5-11(8)9-6-16-17(7-9)10-2-3-10;1-8(20)21-11-6-3-5-10(11)19-13(16-17-18-19)9-4-2-7-12(14)15-9;1-5(2)6(7)8(3)4;;;;;;/h3,5,8,11-14,18,23-24H,4,6-7,9-10H2,1-2H3,(H,30,31,38);2,4,7,10-13,16,21-22,35H,3,5-6,8-9H2,1H3,(H,28,29,36);4-7,10H,2-3H2,1H3;4-7,10H,2-3H2,1H3,(H,18,19);2,4,7,10-11H,3,5-6H2,1H3,(H2,14,15);1-4H3;6*1H2/t23-,24-;21-,22-;;;10-,11-;;;;;;;/m00..0......./s1. The lowest BCUT2D eigenvalue weighted by Gasteiger charge is -2.20. The van der Waals surface area contributed by atoms with Crippen molar-refractivity contribution in [2.75, 3.05) is 30.5 Å². The molecule has 0 aliphatic heterocycles. The Morgan fingerprint density at radius 3 is 1.03 bits per heavy atom. The van der Waals surface area contributed by atoms with Gasteiger partial charge in [0, 0.05) is 75.0 Å². The molecular weight excluding hydrogens is 2070 g/mol. The van der Waals surface area contributed by atoms with Crippen LogP contribution in [0.3, 0.4) is 0 Å². The zero-order valence-corrected chi connectivity index (χ0v) is 90.0. The highest BCUT2D eigenvalue weighted by Crippen LogP contribution is 2.43. The van der Waals surface area contributed by atoms with Crippen molar-refractivity contribution in [1.29, 1.82) is 0 Å². The van der Waals surface area contributed by atoms with E-state index in [0.717, 1.165) is 164 Å². The fraction of sp³-hybridized carbons (Fsp3) is 0.374. The SMILES string of the molecule is CC(=O)O[C@H]1CCC[C@@H]1n1nnnc1-c1cccc(N)n1.CC(=O)O[C@H]1CCC[C@@H]1n1nnnc1-c1cccc(NC(=O)c2cc(-c3cnn(C4CC4)c3)c(C)cc2F)n1.CC(C)=C(Cl)N(C)C.Cc1cc(F)c(C(=O)Cl)cc1-c1cnn(C2CC2)c1.Cc1cc(F)c(C(=O)Nc2cccc(-c3nnnn3[C@H]3CCC[C@@H]3O)n2)cc1-c1cnn(C2CC2)c1.Cc1cc(F)c(C(=O)O)cc1-c1cnn(C2CC2)c1.S.S.S.S.S.S. The molecule has 37 nitrogen and oxygen atoms in total. The summed E-state index contributed by atoms with van der Waals surface area (Å²) in [5.41, 5.74) is 17.0. The van der Waals surface area contributed by atoms with E-state index >= 15 is 0 Å². The molecule has 6 atom stereocenters. The van der Waals surface area contributed by atoms with Gasteiger partial charge < -0.3 is 41.0 Å². The lowest BCUT2D eigenvalue weighted by molar-refractivity contribution is -0.148. The molecule has 0 saturated heterocycles. The third kappa shape index (κ3) is 28.6. The number of ether oxygens (including phenoxy) is 2. The molecule has 786 valence electrons. The monoisotopic (exact) mass is 2180 g/mol. The first kappa shape index (κ1) is 117. The summed E-state index contributed by atoms with van der Waals surface area (Å²) < 4.78 is 80.3. The van der Waals surface area contributed by atoms with Gasteiger partial charge in [0.1, 0.15) is 75.2 Å². The number of nitrogens with zero attached hydrogens (tertiary/aromatic N) is 24. The number of nitrogens with two attached hydrogens (primary N) is 1. The molecule has 0 unspecified atom stereocenters. The zero-order chi connectivity index (χ0) is 101. The minimum atomic E-state index is -1.26. The van der Waals surface area contributed by atoms with Gasteiger partial charge in [-0.25, -0.2) is 51.4 Å². The Morgan fingerprint density at radius 1 is 0.419 bits per heavy atom. The number of carbonyl (C=O) groups excluding carboxylic acids is 5. The second-order valence-corrected chi connectivity index (χ2v) is 37.2. The number of halogens is 6. The first-order chi connectivity index (χ1) is 68.2. The summed E-state index contributed by atoms with van der Waals surface area (Å²) in [5.74, 6) is -3.49. The van der Waals surface area contributed by atoms with Crippen LogP contribution < -0.4 is 16.4 Å². The van der Waals surface area contributed by atoms with Crippen molar-refractivity contribution < 1.29 is 66.0 Å². The molecule has 7 saturated carbocycles. The molecule has 21 rings (SSSR count). The van der Waals surface area contributed by atoms with E-state index in [-0.39, 0.29) is 157 Å². The summed E-state index contributed by atoms with van der Waals surface area (Å²) >= 11 is 11.1. The summed E-state index contributed by atoms with van der Waals surface area (Å²) in [5, 5.41) is 77.8. The van der Waals surface area contributed by atoms with Crippen molar-refractivity contribution in [2.45, 2.75) is 225 Å². The Morgan fingerprint density at radius 2 is 0.730 bits per heavy atom. The van der Waals surface area contributed by atoms with Gasteiger partial charge in [-0.1, -0.05) is 29.8 Å². The number of nitrogens with one attached hydrogen (secondary N) is 2. The van der Waals surface area contributed by atoms with Crippen LogP contribution in [0.25, 0.3) is 79.1 Å². The number of aliphatic hydroxyl groups excluding tert-OH is 1. The summed E-state index contributed by atoms with van der Waals surface area (Å²) in [6, 6.07) is 28.0. The van der Waals surface area contributed by atoms with Gasteiger partial charge in [-0.3, -0.25) is 42.7 Å². The molecule has 7 aliphatic rings. The number of allylic oxidation sites excluding steroid dienone is 1. The van der Waals surface area contributed by atoms with Gasteiger partial charge in [-0.05, 0) is 329 Å². The fourth-order valence-corrected chi connectivity index (χ4v) is 17.5. The van der Waals surface area contributed by atoms with Crippen molar-refractivity contribution >= 4 is 157 Å². The Hall–Kier alpha value is -12.9. The number of esters is 2. The predicted octanol–water partition coefficient (Wildman–Crippen LogP) is 18.4. The number of hydrogen-bond acceptors (Lipinski definition) is 27. The molecule has 4 aromatic carbocycles. The molecule has 7 fully saturated rings. The average molecular weight is 2180 g/mol. The number of carbonyl (C=O) groups is 6. The van der Waals surface area contributed by atoms with Crippen LogP contribution in [0.2, 0.25) is 0 Å². The number of rotatable bonds is 23. The first-order valence-corrected chi connectivity index (χ1v) is 47.4. The summed E-state index contributed by atoms with van der Waals surface area (Å²) in [6.45, 7) is 13.9. The minimum Gasteiger partial charge on any atom is -0.478 e. The Bertz CT molecular complexity index is 6970. The average Bonchev–Trinajstić information content (AvgIpc) is 1.54. The van der Waals surface area contributed by atoms with Crippen molar-refractivity contribution in [3.63, 3.8) is 0 Å². The van der Waals surface area contributed by atoms with E-state index in [4.69, 9.17) is 43.5 Å². The maximum atomic E-state index is 14.9. The molecule has 0 radical (unpaired) electrons. The van der Waals surface area contributed by atoms with E-state index in [9.17, 15) is 51.4 Å². The van der Waals surface area contributed by atoms with E-state index in [0.29, 0.717) is 87.7 Å². The van der Waals surface area contributed by atoms with E-state index in [1.807, 2.05) is 83.3 Å². The van der Waals surface area contributed by atoms with Gasteiger partial charge in [-0.15, -0.1) is 15.3 Å². The normalized spacial score (nSPS) is 17.0. The minimum absolute atomic E-state index is 0. The van der Waals surface area contributed by atoms with Crippen molar-refractivity contribution in [1.82, 2.24) is 120 Å². The quantitative estimate of drug-likeness (QED) is 0.0172. The highest BCUT2D eigenvalue weighted by atomic mass is 35.5. The number of pyridine rings is 3. The summed E-state index contributed by atoms with van der Waals surface area (Å²) in [4.78, 5) is 86.3. The maximum absolute atomic E-state index is 14.9. The van der Waals surface area contributed by atoms with Gasteiger partial charge in [0.2, 0.25) is 17.5 Å². The van der Waals surface area contributed by atoms with Gasteiger partial charge >= 0.3 is 17.9 Å². The second kappa shape index (κ2) is 51.8. The highest BCUT2D eigenvalue weighted by Gasteiger charge is 2.38. The lowest BCUT2D eigenvalue weighted by Crippen LogP contribution is -2.25. The number of tetrazole rings is 3. The van der Waals surface area contributed by atoms with Crippen LogP contribution in [0, 0.1) is 51.0 Å².